The molecule has 2 rings (SSSR count). The third-order valence-electron chi connectivity index (χ3n) is 3.62. The van der Waals surface area contributed by atoms with Crippen LogP contribution in [0, 0.1) is 0 Å². The van der Waals surface area contributed by atoms with Crippen LogP contribution in [0.4, 0.5) is 11.6 Å². The minimum absolute atomic E-state index is 0.610. The van der Waals surface area contributed by atoms with Crippen LogP contribution in [0.2, 0.25) is 0 Å². The average molecular weight is 263 g/mol. The highest BCUT2D eigenvalue weighted by Crippen LogP contribution is 2.18. The van der Waals surface area contributed by atoms with Gasteiger partial charge in [0, 0.05) is 12.1 Å². The van der Waals surface area contributed by atoms with Crippen molar-refractivity contribution >= 4 is 11.6 Å². The Kier molecular flexibility index (Phi) is 5.39. The van der Waals surface area contributed by atoms with Crippen LogP contribution in [0.1, 0.15) is 38.2 Å². The zero-order valence-corrected chi connectivity index (χ0v) is 11.9. The molecule has 106 valence electrons. The molecule has 0 radical (unpaired) electrons. The zero-order chi connectivity index (χ0) is 13.5. The van der Waals surface area contributed by atoms with E-state index in [2.05, 4.69) is 27.1 Å². The highest BCUT2D eigenvalue weighted by Gasteiger charge is 2.11. The van der Waals surface area contributed by atoms with Crippen LogP contribution in [0.5, 0.6) is 0 Å². The summed E-state index contributed by atoms with van der Waals surface area (Å²) in [7, 11) is 0. The molecule has 1 aromatic heterocycles. The molecule has 0 atom stereocenters. The van der Waals surface area contributed by atoms with Crippen LogP contribution < -0.4 is 11.1 Å². The first-order valence-electron chi connectivity index (χ1n) is 7.37. The number of nitrogens with zero attached hydrogens (tertiary/aromatic N) is 3. The second kappa shape index (κ2) is 7.28. The molecule has 1 aliphatic rings. The van der Waals surface area contributed by atoms with Gasteiger partial charge in [-0.3, -0.25) is 0 Å². The Morgan fingerprint density at radius 2 is 2.11 bits per heavy atom. The first kappa shape index (κ1) is 14.1. The number of nitrogens with two attached hydrogens (primary N) is 1. The lowest BCUT2D eigenvalue weighted by molar-refractivity contribution is 0.337. The second-order valence-electron chi connectivity index (χ2n) is 5.17. The quantitative estimate of drug-likeness (QED) is 0.736. The summed E-state index contributed by atoms with van der Waals surface area (Å²) in [5, 5.41) is 3.41. The molecule has 3 N–H and O–H groups in total. The van der Waals surface area contributed by atoms with Gasteiger partial charge < -0.3 is 16.0 Å². The molecule has 2 heterocycles. The van der Waals surface area contributed by atoms with Crippen LogP contribution in [-0.2, 0) is 6.42 Å². The van der Waals surface area contributed by atoms with Crippen molar-refractivity contribution in [3.63, 3.8) is 0 Å². The SMILES string of the molecule is CCCc1c(N)ncnc1NCCCN1CCCC1. The van der Waals surface area contributed by atoms with Gasteiger partial charge in [-0.05, 0) is 45.3 Å². The minimum atomic E-state index is 0.610. The number of nitrogens with one attached hydrogen (secondary N) is 1. The van der Waals surface area contributed by atoms with Crippen molar-refractivity contribution < 1.29 is 0 Å². The molecule has 5 heteroatoms. The van der Waals surface area contributed by atoms with E-state index in [-0.39, 0.29) is 0 Å². The fraction of sp³-hybridized carbons (Fsp3) is 0.714. The largest absolute Gasteiger partial charge is 0.383 e. The van der Waals surface area contributed by atoms with Crippen LogP contribution in [0.15, 0.2) is 6.33 Å². The van der Waals surface area contributed by atoms with E-state index in [4.69, 9.17) is 5.73 Å². The van der Waals surface area contributed by atoms with E-state index >= 15 is 0 Å². The van der Waals surface area contributed by atoms with Crippen LogP contribution in [0.25, 0.3) is 0 Å². The summed E-state index contributed by atoms with van der Waals surface area (Å²) >= 11 is 0. The summed E-state index contributed by atoms with van der Waals surface area (Å²) in [5.74, 6) is 1.52. The van der Waals surface area contributed by atoms with Crippen LogP contribution in [-0.4, -0.2) is 41.0 Å². The lowest BCUT2D eigenvalue weighted by Crippen LogP contribution is -2.22. The number of hydrogen-bond acceptors (Lipinski definition) is 5. The van der Waals surface area contributed by atoms with E-state index < -0.39 is 0 Å². The molecular formula is C14H25N5. The highest BCUT2D eigenvalue weighted by atomic mass is 15.1. The van der Waals surface area contributed by atoms with Gasteiger partial charge in [-0.1, -0.05) is 13.3 Å². The third kappa shape index (κ3) is 4.06. The summed E-state index contributed by atoms with van der Waals surface area (Å²) in [6, 6.07) is 0. The number of aromatic nitrogens is 2. The van der Waals surface area contributed by atoms with Crippen molar-refractivity contribution in [3.05, 3.63) is 11.9 Å². The first-order valence-corrected chi connectivity index (χ1v) is 7.37. The smallest absolute Gasteiger partial charge is 0.134 e. The molecule has 0 spiro atoms. The normalized spacial score (nSPS) is 15.8. The van der Waals surface area contributed by atoms with Crippen molar-refractivity contribution in [2.24, 2.45) is 0 Å². The van der Waals surface area contributed by atoms with Crippen molar-refractivity contribution in [3.8, 4) is 0 Å². The molecule has 0 saturated carbocycles. The fourth-order valence-electron chi connectivity index (χ4n) is 2.59. The Hall–Kier alpha value is -1.36. The zero-order valence-electron chi connectivity index (χ0n) is 11.9. The highest BCUT2D eigenvalue weighted by molar-refractivity contribution is 5.54. The number of nitrogen functional groups attached to an aromatic ring is 1. The van der Waals surface area contributed by atoms with Crippen molar-refractivity contribution in [2.45, 2.75) is 39.0 Å². The third-order valence-corrected chi connectivity index (χ3v) is 3.62. The minimum Gasteiger partial charge on any atom is -0.383 e. The van der Waals surface area contributed by atoms with Gasteiger partial charge in [0.25, 0.3) is 0 Å². The van der Waals surface area contributed by atoms with Crippen molar-refractivity contribution in [2.75, 3.05) is 37.2 Å². The Bertz CT molecular complexity index is 387. The molecule has 19 heavy (non-hydrogen) atoms. The fourth-order valence-corrected chi connectivity index (χ4v) is 2.59. The van der Waals surface area contributed by atoms with E-state index in [9.17, 15) is 0 Å². The van der Waals surface area contributed by atoms with Gasteiger partial charge in [0.05, 0.1) is 0 Å². The maximum absolute atomic E-state index is 5.91. The molecule has 0 aliphatic carbocycles. The summed E-state index contributed by atoms with van der Waals surface area (Å²) in [4.78, 5) is 10.9. The maximum Gasteiger partial charge on any atom is 0.134 e. The van der Waals surface area contributed by atoms with Gasteiger partial charge in [0.15, 0.2) is 0 Å². The van der Waals surface area contributed by atoms with E-state index in [0.29, 0.717) is 5.82 Å². The van der Waals surface area contributed by atoms with E-state index in [1.54, 1.807) is 0 Å². The molecule has 1 aromatic rings. The molecule has 0 bridgehead atoms. The Morgan fingerprint density at radius 1 is 1.32 bits per heavy atom. The van der Waals surface area contributed by atoms with Crippen LogP contribution in [0.3, 0.4) is 0 Å². The monoisotopic (exact) mass is 263 g/mol. The maximum atomic E-state index is 5.91. The van der Waals surface area contributed by atoms with Crippen molar-refractivity contribution in [1.82, 2.24) is 14.9 Å². The lowest BCUT2D eigenvalue weighted by atomic mass is 10.1. The Balaban J connectivity index is 1.79. The summed E-state index contributed by atoms with van der Waals surface area (Å²) < 4.78 is 0. The van der Waals surface area contributed by atoms with Gasteiger partial charge in [0.2, 0.25) is 0 Å². The summed E-state index contributed by atoms with van der Waals surface area (Å²) in [6.45, 7) is 6.80. The predicted octanol–water partition coefficient (Wildman–Crippen LogP) is 1.91. The molecule has 0 aromatic carbocycles. The van der Waals surface area contributed by atoms with Crippen LogP contribution >= 0.6 is 0 Å². The topological polar surface area (TPSA) is 67.1 Å². The number of likely N-dealkylation sites (tertiary alicyclic amines) is 1. The lowest BCUT2D eigenvalue weighted by Gasteiger charge is -2.15. The number of anilines is 2. The van der Waals surface area contributed by atoms with Gasteiger partial charge in [-0.15, -0.1) is 0 Å². The van der Waals surface area contributed by atoms with E-state index in [0.717, 1.165) is 37.2 Å². The summed E-state index contributed by atoms with van der Waals surface area (Å²) in [5.41, 5.74) is 6.97. The Labute approximate surface area is 115 Å². The summed E-state index contributed by atoms with van der Waals surface area (Å²) in [6.07, 6.45) is 7.39. The Morgan fingerprint density at radius 3 is 2.84 bits per heavy atom. The number of hydrogen-bond donors (Lipinski definition) is 2. The predicted molar refractivity (Wildman–Crippen MR) is 79.2 cm³/mol. The molecule has 1 fully saturated rings. The first-order chi connectivity index (χ1) is 9.31. The standard InChI is InChI=1S/C14H25N5/c1-2-6-12-13(15)17-11-18-14(12)16-7-5-10-19-8-3-4-9-19/h11H,2-10H2,1H3,(H3,15,16,17,18). The van der Waals surface area contributed by atoms with E-state index in [1.165, 1.54) is 38.8 Å². The molecular weight excluding hydrogens is 238 g/mol. The van der Waals surface area contributed by atoms with E-state index in [1.807, 2.05) is 0 Å². The van der Waals surface area contributed by atoms with Gasteiger partial charge in [-0.2, -0.15) is 0 Å². The van der Waals surface area contributed by atoms with Gasteiger partial charge in [-0.25, -0.2) is 9.97 Å². The van der Waals surface area contributed by atoms with Gasteiger partial charge >= 0.3 is 0 Å². The van der Waals surface area contributed by atoms with Crippen molar-refractivity contribution in [1.29, 1.82) is 0 Å². The molecule has 5 nitrogen and oxygen atoms in total. The molecule has 0 unspecified atom stereocenters. The van der Waals surface area contributed by atoms with Gasteiger partial charge in [0.1, 0.15) is 18.0 Å². The molecule has 1 saturated heterocycles. The molecule has 0 amide bonds. The average Bonchev–Trinajstić information content (AvgIpc) is 2.91. The number of rotatable bonds is 7. The second-order valence-corrected chi connectivity index (χ2v) is 5.17. The molecule has 1 aliphatic heterocycles.